The molecule has 1 aromatic heterocycles. The molecule has 0 amide bonds. The Balaban J connectivity index is 2.91. The molecule has 4 nitrogen and oxygen atoms in total. The summed E-state index contributed by atoms with van der Waals surface area (Å²) in [7, 11) is 1.26. The number of nitrogens with zero attached hydrogens (tertiary/aromatic N) is 1. The molecule has 0 bridgehead atoms. The number of allylic oxidation sites excluding steroid dienone is 1. The molecule has 0 aromatic carbocycles. The highest BCUT2D eigenvalue weighted by molar-refractivity contribution is 6.08. The van der Waals surface area contributed by atoms with Crippen molar-refractivity contribution < 1.29 is 14.3 Å². The summed E-state index contributed by atoms with van der Waals surface area (Å²) in [6.45, 7) is 3.52. The smallest absolute Gasteiger partial charge is 0.316 e. The Bertz CT molecular complexity index is 387. The molecule has 1 heterocycles. The van der Waals surface area contributed by atoms with E-state index in [4.69, 9.17) is 0 Å². The quantitative estimate of drug-likeness (QED) is 0.327. The first-order chi connectivity index (χ1) is 7.70. The summed E-state index contributed by atoms with van der Waals surface area (Å²) in [5.41, 5.74) is 0.451. The van der Waals surface area contributed by atoms with E-state index in [1.54, 1.807) is 12.1 Å². The molecule has 1 rings (SSSR count). The van der Waals surface area contributed by atoms with Crippen molar-refractivity contribution in [3.8, 4) is 0 Å². The molecule has 0 aliphatic heterocycles. The number of ether oxygens (including phenoxy) is 1. The average Bonchev–Trinajstić information content (AvgIpc) is 2.35. The van der Waals surface area contributed by atoms with Crippen LogP contribution in [0.1, 0.15) is 16.8 Å². The van der Waals surface area contributed by atoms with Crippen LogP contribution in [-0.4, -0.2) is 23.8 Å². The van der Waals surface area contributed by atoms with E-state index in [9.17, 15) is 9.59 Å². The highest BCUT2D eigenvalue weighted by Crippen LogP contribution is 2.14. The molecule has 0 aliphatic rings. The van der Waals surface area contributed by atoms with Gasteiger partial charge < -0.3 is 4.74 Å². The molecule has 0 fully saturated rings. The van der Waals surface area contributed by atoms with Crippen LogP contribution in [0.4, 0.5) is 0 Å². The summed E-state index contributed by atoms with van der Waals surface area (Å²) in [5, 5.41) is 0. The molecular weight excluding hydrogens is 206 g/mol. The lowest BCUT2D eigenvalue weighted by Gasteiger charge is -2.11. The summed E-state index contributed by atoms with van der Waals surface area (Å²) >= 11 is 0. The van der Waals surface area contributed by atoms with Crippen molar-refractivity contribution in [1.29, 1.82) is 0 Å². The first-order valence-electron chi connectivity index (χ1n) is 4.83. The van der Waals surface area contributed by atoms with Gasteiger partial charge in [0, 0.05) is 18.0 Å². The van der Waals surface area contributed by atoms with E-state index < -0.39 is 11.9 Å². The van der Waals surface area contributed by atoms with Gasteiger partial charge in [0.2, 0.25) is 0 Å². The van der Waals surface area contributed by atoms with Gasteiger partial charge in [-0.15, -0.1) is 6.58 Å². The highest BCUT2D eigenvalue weighted by Gasteiger charge is 2.26. The number of esters is 1. The van der Waals surface area contributed by atoms with Gasteiger partial charge in [0.1, 0.15) is 5.92 Å². The molecule has 0 N–H and O–H groups in total. The topological polar surface area (TPSA) is 56.3 Å². The summed E-state index contributed by atoms with van der Waals surface area (Å²) in [4.78, 5) is 27.2. The minimum atomic E-state index is -0.815. The van der Waals surface area contributed by atoms with Crippen LogP contribution >= 0.6 is 0 Å². The first kappa shape index (κ1) is 12.1. The fourth-order valence-electron chi connectivity index (χ4n) is 1.34. The maximum absolute atomic E-state index is 12.0. The maximum Gasteiger partial charge on any atom is 0.316 e. The summed E-state index contributed by atoms with van der Waals surface area (Å²) in [5.74, 6) is -1.62. The number of Topliss-reactive ketones (excluding diaryl/α,β-unsaturated/α-hetero) is 1. The van der Waals surface area contributed by atoms with Crippen molar-refractivity contribution in [3.05, 3.63) is 42.7 Å². The minimum Gasteiger partial charge on any atom is -0.468 e. The molecule has 4 heteroatoms. The number of rotatable bonds is 5. The zero-order chi connectivity index (χ0) is 12.0. The number of pyridine rings is 1. The third-order valence-corrected chi connectivity index (χ3v) is 2.17. The molecule has 1 unspecified atom stereocenters. The normalized spacial score (nSPS) is 11.6. The molecule has 0 aliphatic carbocycles. The highest BCUT2D eigenvalue weighted by atomic mass is 16.5. The van der Waals surface area contributed by atoms with E-state index in [0.717, 1.165) is 0 Å². The lowest BCUT2D eigenvalue weighted by Crippen LogP contribution is -2.25. The average molecular weight is 219 g/mol. The number of hydrogen-bond acceptors (Lipinski definition) is 4. The lowest BCUT2D eigenvalue weighted by atomic mass is 9.95. The zero-order valence-electron chi connectivity index (χ0n) is 9.05. The number of ketones is 1. The molecule has 0 spiro atoms. The van der Waals surface area contributed by atoms with Crippen LogP contribution in [0.25, 0.3) is 0 Å². The van der Waals surface area contributed by atoms with Gasteiger partial charge in [0.05, 0.1) is 7.11 Å². The van der Waals surface area contributed by atoms with Gasteiger partial charge in [-0.3, -0.25) is 14.6 Å². The van der Waals surface area contributed by atoms with E-state index in [1.165, 1.54) is 25.6 Å². The van der Waals surface area contributed by atoms with Crippen LogP contribution in [0.3, 0.4) is 0 Å². The van der Waals surface area contributed by atoms with Gasteiger partial charge in [-0.2, -0.15) is 0 Å². The second-order valence-electron chi connectivity index (χ2n) is 3.20. The number of carbonyl (C=O) groups excluding carboxylic acids is 2. The van der Waals surface area contributed by atoms with Gasteiger partial charge in [-0.1, -0.05) is 6.08 Å². The number of aromatic nitrogens is 1. The van der Waals surface area contributed by atoms with Crippen molar-refractivity contribution >= 4 is 11.8 Å². The Morgan fingerprint density at radius 3 is 2.62 bits per heavy atom. The van der Waals surface area contributed by atoms with Crippen LogP contribution in [0.2, 0.25) is 0 Å². The van der Waals surface area contributed by atoms with Gasteiger partial charge in [0.15, 0.2) is 5.78 Å². The van der Waals surface area contributed by atoms with Crippen LogP contribution in [-0.2, 0) is 9.53 Å². The molecule has 16 heavy (non-hydrogen) atoms. The number of methoxy groups -OCH3 is 1. The Morgan fingerprint density at radius 1 is 1.50 bits per heavy atom. The second kappa shape index (κ2) is 5.80. The van der Waals surface area contributed by atoms with Gasteiger partial charge >= 0.3 is 5.97 Å². The zero-order valence-corrected chi connectivity index (χ0v) is 9.05. The van der Waals surface area contributed by atoms with Crippen molar-refractivity contribution in [1.82, 2.24) is 4.98 Å². The Morgan fingerprint density at radius 2 is 2.12 bits per heavy atom. The first-order valence-corrected chi connectivity index (χ1v) is 4.83. The minimum absolute atomic E-state index is 0.269. The molecule has 0 saturated heterocycles. The fourth-order valence-corrected chi connectivity index (χ4v) is 1.34. The summed E-state index contributed by atoms with van der Waals surface area (Å²) in [6, 6.07) is 3.14. The van der Waals surface area contributed by atoms with Crippen molar-refractivity contribution in [3.63, 3.8) is 0 Å². The lowest BCUT2D eigenvalue weighted by molar-refractivity contribution is -0.143. The van der Waals surface area contributed by atoms with Crippen molar-refractivity contribution in [2.24, 2.45) is 5.92 Å². The van der Waals surface area contributed by atoms with Gasteiger partial charge in [0.25, 0.3) is 0 Å². The molecule has 0 radical (unpaired) electrons. The van der Waals surface area contributed by atoms with Gasteiger partial charge in [-0.25, -0.2) is 0 Å². The van der Waals surface area contributed by atoms with Gasteiger partial charge in [-0.05, 0) is 18.6 Å². The summed E-state index contributed by atoms with van der Waals surface area (Å²) < 4.78 is 4.58. The molecular formula is C12H13NO3. The molecule has 0 saturated carbocycles. The predicted octanol–water partition coefficient (Wildman–Crippen LogP) is 1.63. The third-order valence-electron chi connectivity index (χ3n) is 2.17. The Hall–Kier alpha value is -1.97. The monoisotopic (exact) mass is 219 g/mol. The van der Waals surface area contributed by atoms with Crippen LogP contribution in [0, 0.1) is 5.92 Å². The largest absolute Gasteiger partial charge is 0.468 e. The van der Waals surface area contributed by atoms with E-state index >= 15 is 0 Å². The number of hydrogen-bond donors (Lipinski definition) is 0. The second-order valence-corrected chi connectivity index (χ2v) is 3.20. The maximum atomic E-state index is 12.0. The predicted molar refractivity (Wildman–Crippen MR) is 58.9 cm³/mol. The van der Waals surface area contributed by atoms with E-state index in [0.29, 0.717) is 5.56 Å². The van der Waals surface area contributed by atoms with Crippen molar-refractivity contribution in [2.45, 2.75) is 6.42 Å². The van der Waals surface area contributed by atoms with Crippen LogP contribution in [0.15, 0.2) is 37.2 Å². The van der Waals surface area contributed by atoms with E-state index in [1.807, 2.05) is 0 Å². The fraction of sp³-hybridized carbons (Fsp3) is 0.250. The van der Waals surface area contributed by atoms with E-state index in [2.05, 4.69) is 16.3 Å². The molecule has 1 atom stereocenters. The Labute approximate surface area is 94.0 Å². The standard InChI is InChI=1S/C12H13NO3/c1-3-4-10(12(15)16-2)11(14)9-5-7-13-8-6-9/h3,5-8,10H,1,4H2,2H3. The van der Waals surface area contributed by atoms with Crippen LogP contribution < -0.4 is 0 Å². The van der Waals surface area contributed by atoms with E-state index in [-0.39, 0.29) is 12.2 Å². The third kappa shape index (κ3) is 2.76. The molecule has 84 valence electrons. The van der Waals surface area contributed by atoms with Crippen LogP contribution in [0.5, 0.6) is 0 Å². The SMILES string of the molecule is C=CCC(C(=O)OC)C(=O)c1ccncc1. The Kier molecular flexibility index (Phi) is 4.39. The molecule has 1 aromatic rings. The number of carbonyl (C=O) groups is 2. The van der Waals surface area contributed by atoms with Crippen molar-refractivity contribution in [2.75, 3.05) is 7.11 Å². The summed E-state index contributed by atoms with van der Waals surface area (Å²) in [6.07, 6.45) is 4.82.